The number of nitrogens with one attached hydrogen (secondary N) is 4. The number of nitrogens with zero attached hydrogens (tertiary/aromatic N) is 2. The van der Waals surface area contributed by atoms with Gasteiger partial charge in [0, 0.05) is 38.3 Å². The van der Waals surface area contributed by atoms with Crippen molar-refractivity contribution in [2.45, 2.75) is 90.6 Å². The van der Waals surface area contributed by atoms with E-state index in [2.05, 4.69) is 41.2 Å². The maximum Gasteiger partial charge on any atom is 0.191 e. The summed E-state index contributed by atoms with van der Waals surface area (Å²) in [5, 5.41) is 22.9. The minimum Gasteiger partial charge on any atom is -0.354 e. The number of hydrogen-bond donors (Lipinski definition) is 4. The van der Waals surface area contributed by atoms with E-state index in [1.807, 2.05) is 0 Å². The number of guanidine groups is 2. The van der Waals surface area contributed by atoms with Crippen molar-refractivity contribution in [2.75, 3.05) is 26.2 Å². The van der Waals surface area contributed by atoms with Crippen molar-refractivity contribution in [1.82, 2.24) is 20.4 Å². The van der Waals surface area contributed by atoms with E-state index in [0.29, 0.717) is 29.9 Å². The van der Waals surface area contributed by atoms with Crippen LogP contribution in [0.25, 0.3) is 0 Å². The zero-order valence-electron chi connectivity index (χ0n) is 17.8. The molecular weight excluding hydrogens is 336 g/mol. The zero-order chi connectivity index (χ0) is 19.6. The first-order valence-electron chi connectivity index (χ1n) is 11.3. The minimum atomic E-state index is 0.435. The summed E-state index contributed by atoms with van der Waals surface area (Å²) >= 11 is 0. The first-order valence-corrected chi connectivity index (χ1v) is 11.3. The van der Waals surface area contributed by atoms with Crippen LogP contribution in [0.2, 0.25) is 0 Å². The maximum absolute atomic E-state index is 8.16. The molecule has 2 saturated heterocycles. The standard InChI is InChI=1S/C21H42N6/c1-4-6-7-8-10-14-27-18(15-24-20(27)22)12-9-11-13-26-16-19(17(3)5-2)25-21(26)23/h17-19H,4-16H2,1-3H3,(H2,22,24)(H2,23,25)/t17?,18-,19+/m0/s1. The molecule has 1 unspecified atom stereocenters. The highest BCUT2D eigenvalue weighted by atomic mass is 15.4. The molecule has 0 aromatic carbocycles. The Labute approximate surface area is 166 Å². The number of rotatable bonds is 13. The Morgan fingerprint density at radius 2 is 1.74 bits per heavy atom. The Morgan fingerprint density at radius 3 is 2.48 bits per heavy atom. The Hall–Kier alpha value is -1.46. The largest absolute Gasteiger partial charge is 0.354 e. The van der Waals surface area contributed by atoms with Crippen LogP contribution < -0.4 is 10.6 Å². The van der Waals surface area contributed by atoms with Crippen LogP contribution in [0.5, 0.6) is 0 Å². The van der Waals surface area contributed by atoms with Crippen LogP contribution in [0.1, 0.15) is 78.6 Å². The fourth-order valence-corrected chi connectivity index (χ4v) is 4.18. The van der Waals surface area contributed by atoms with E-state index in [0.717, 1.165) is 45.4 Å². The summed E-state index contributed by atoms with van der Waals surface area (Å²) in [6.07, 6.45) is 11.0. The Balaban J connectivity index is 1.64. The first kappa shape index (κ1) is 21.8. The summed E-state index contributed by atoms with van der Waals surface area (Å²) in [5.41, 5.74) is 0. The molecule has 4 N–H and O–H groups in total. The van der Waals surface area contributed by atoms with Gasteiger partial charge in [0.2, 0.25) is 0 Å². The Kier molecular flexibility index (Phi) is 9.22. The quantitative estimate of drug-likeness (QED) is 0.369. The van der Waals surface area contributed by atoms with E-state index < -0.39 is 0 Å². The first-order chi connectivity index (χ1) is 13.1. The van der Waals surface area contributed by atoms with Crippen molar-refractivity contribution in [1.29, 1.82) is 10.8 Å². The highest BCUT2D eigenvalue weighted by Crippen LogP contribution is 2.18. The van der Waals surface area contributed by atoms with Crippen molar-refractivity contribution in [3.63, 3.8) is 0 Å². The number of hydrogen-bond acceptors (Lipinski definition) is 2. The fourth-order valence-electron chi connectivity index (χ4n) is 4.18. The lowest BCUT2D eigenvalue weighted by Gasteiger charge is -2.25. The summed E-state index contributed by atoms with van der Waals surface area (Å²) in [5.74, 6) is 1.85. The van der Waals surface area contributed by atoms with Crippen molar-refractivity contribution in [3.8, 4) is 0 Å². The average Bonchev–Trinajstić information content (AvgIpc) is 3.21. The van der Waals surface area contributed by atoms with Crippen molar-refractivity contribution in [3.05, 3.63) is 0 Å². The molecule has 156 valence electrons. The van der Waals surface area contributed by atoms with Gasteiger partial charge in [0.15, 0.2) is 11.9 Å². The molecule has 6 heteroatoms. The van der Waals surface area contributed by atoms with Gasteiger partial charge in [-0.2, -0.15) is 0 Å². The van der Waals surface area contributed by atoms with Crippen molar-refractivity contribution < 1.29 is 0 Å². The van der Waals surface area contributed by atoms with E-state index in [1.165, 1.54) is 38.5 Å². The van der Waals surface area contributed by atoms with Gasteiger partial charge in [0.25, 0.3) is 0 Å². The van der Waals surface area contributed by atoms with Gasteiger partial charge in [-0.1, -0.05) is 52.9 Å². The summed E-state index contributed by atoms with van der Waals surface area (Å²) in [6.45, 7) is 10.7. The normalized spacial score (nSPS) is 23.7. The number of unbranched alkanes of at least 4 members (excludes halogenated alkanes) is 5. The lowest BCUT2D eigenvalue weighted by molar-refractivity contribution is 0.307. The second-order valence-corrected chi connectivity index (χ2v) is 8.42. The molecule has 0 radical (unpaired) electrons. The van der Waals surface area contributed by atoms with Gasteiger partial charge in [0.05, 0.1) is 0 Å². The van der Waals surface area contributed by atoms with Crippen molar-refractivity contribution >= 4 is 11.9 Å². The Bertz CT molecular complexity index is 466. The van der Waals surface area contributed by atoms with Crippen molar-refractivity contribution in [2.24, 2.45) is 5.92 Å². The van der Waals surface area contributed by atoms with Gasteiger partial charge in [0.1, 0.15) is 0 Å². The molecule has 2 rings (SSSR count). The summed E-state index contributed by atoms with van der Waals surface area (Å²) in [6, 6.07) is 0.915. The zero-order valence-corrected chi connectivity index (χ0v) is 17.8. The molecule has 0 aromatic heterocycles. The highest BCUT2D eigenvalue weighted by molar-refractivity contribution is 5.79. The topological polar surface area (TPSA) is 78.2 Å². The van der Waals surface area contributed by atoms with E-state index in [4.69, 9.17) is 10.8 Å². The van der Waals surface area contributed by atoms with Crippen LogP contribution in [0.3, 0.4) is 0 Å². The summed E-state index contributed by atoms with van der Waals surface area (Å²) < 4.78 is 0. The maximum atomic E-state index is 8.16. The highest BCUT2D eigenvalue weighted by Gasteiger charge is 2.29. The molecule has 0 amide bonds. The lowest BCUT2D eigenvalue weighted by Crippen LogP contribution is -2.35. The molecule has 2 fully saturated rings. The molecule has 3 atom stereocenters. The van der Waals surface area contributed by atoms with Gasteiger partial charge < -0.3 is 20.4 Å². The molecule has 27 heavy (non-hydrogen) atoms. The molecule has 6 nitrogen and oxygen atoms in total. The molecule has 2 aliphatic heterocycles. The van der Waals surface area contributed by atoms with E-state index >= 15 is 0 Å². The second-order valence-electron chi connectivity index (χ2n) is 8.42. The molecule has 0 aromatic rings. The predicted molar refractivity (Wildman–Crippen MR) is 115 cm³/mol. The van der Waals surface area contributed by atoms with Gasteiger partial charge >= 0.3 is 0 Å². The van der Waals surface area contributed by atoms with Crippen LogP contribution in [0.15, 0.2) is 0 Å². The van der Waals surface area contributed by atoms with Crippen LogP contribution in [0.4, 0.5) is 0 Å². The SMILES string of the molecule is CCCCCCCN1C(=N)NC[C@@H]1CCCCN1C[C@H](C(C)CC)NC1=N. The smallest absolute Gasteiger partial charge is 0.191 e. The molecule has 0 spiro atoms. The molecule has 2 aliphatic rings. The third kappa shape index (κ3) is 6.58. The van der Waals surface area contributed by atoms with E-state index in [9.17, 15) is 0 Å². The van der Waals surface area contributed by atoms with Gasteiger partial charge in [-0.3, -0.25) is 10.8 Å². The fraction of sp³-hybridized carbons (Fsp3) is 0.905. The predicted octanol–water partition coefficient (Wildman–Crippen LogP) is 3.59. The molecular formula is C21H42N6. The third-order valence-electron chi connectivity index (χ3n) is 6.34. The molecule has 2 heterocycles. The molecule has 0 aliphatic carbocycles. The van der Waals surface area contributed by atoms with E-state index in [-0.39, 0.29) is 0 Å². The minimum absolute atomic E-state index is 0.435. The molecule has 0 saturated carbocycles. The second kappa shape index (κ2) is 11.4. The van der Waals surface area contributed by atoms with Crippen LogP contribution in [-0.2, 0) is 0 Å². The average molecular weight is 379 g/mol. The summed E-state index contributed by atoms with van der Waals surface area (Å²) in [4.78, 5) is 4.49. The van der Waals surface area contributed by atoms with Crippen LogP contribution in [0, 0.1) is 16.7 Å². The third-order valence-corrected chi connectivity index (χ3v) is 6.34. The summed E-state index contributed by atoms with van der Waals surface area (Å²) in [7, 11) is 0. The van der Waals surface area contributed by atoms with Crippen LogP contribution in [-0.4, -0.2) is 60.0 Å². The van der Waals surface area contributed by atoms with Gasteiger partial charge in [-0.25, -0.2) is 0 Å². The van der Waals surface area contributed by atoms with E-state index in [1.54, 1.807) is 0 Å². The molecule has 0 bridgehead atoms. The lowest BCUT2D eigenvalue weighted by atomic mass is 10.00. The van der Waals surface area contributed by atoms with Gasteiger partial charge in [-0.15, -0.1) is 0 Å². The van der Waals surface area contributed by atoms with Gasteiger partial charge in [-0.05, 0) is 31.6 Å². The Morgan fingerprint density at radius 1 is 1.00 bits per heavy atom. The van der Waals surface area contributed by atoms with Crippen LogP contribution >= 0.6 is 0 Å². The monoisotopic (exact) mass is 378 g/mol.